The Labute approximate surface area is 203 Å². The van der Waals surface area contributed by atoms with Crippen LogP contribution in [0.25, 0.3) is 0 Å². The highest BCUT2D eigenvalue weighted by Crippen LogP contribution is 2.49. The van der Waals surface area contributed by atoms with E-state index in [1.54, 1.807) is 0 Å². The number of Topliss-reactive ketones (excluding diaryl/α,β-unsaturated/α-hetero) is 1. The largest absolute Gasteiger partial charge is 0.395 e. The molecule has 194 valence electrons. The summed E-state index contributed by atoms with van der Waals surface area (Å²) in [4.78, 5) is 32.6. The minimum absolute atomic E-state index is 0.0482. The van der Waals surface area contributed by atoms with E-state index in [0.29, 0.717) is 12.2 Å². The van der Waals surface area contributed by atoms with Gasteiger partial charge in [-0.25, -0.2) is 0 Å². The minimum Gasteiger partial charge on any atom is -0.395 e. The van der Waals surface area contributed by atoms with Crippen molar-refractivity contribution in [2.45, 2.75) is 125 Å². The third kappa shape index (κ3) is 5.82. The molecule has 33 heavy (non-hydrogen) atoms. The minimum atomic E-state index is -0.617. The van der Waals surface area contributed by atoms with Crippen LogP contribution in [0.15, 0.2) is 0 Å². The third-order valence-corrected chi connectivity index (χ3v) is 9.39. The molecule has 1 aliphatic rings. The molecular formula is C27H52N2O4. The average Bonchev–Trinajstić information content (AvgIpc) is 2.72. The molecule has 1 heterocycles. The van der Waals surface area contributed by atoms with Crippen molar-refractivity contribution < 1.29 is 19.5 Å². The fourth-order valence-electron chi connectivity index (χ4n) is 4.96. The van der Waals surface area contributed by atoms with Crippen LogP contribution >= 0.6 is 0 Å². The number of rotatable bonds is 11. The van der Waals surface area contributed by atoms with Crippen LogP contribution in [-0.2, 0) is 14.4 Å². The van der Waals surface area contributed by atoms with E-state index in [9.17, 15) is 9.59 Å². The number of aliphatic hydroxyl groups is 1. The number of ketones is 1. The van der Waals surface area contributed by atoms with Crippen molar-refractivity contribution in [3.8, 4) is 0 Å². The van der Waals surface area contributed by atoms with Crippen molar-refractivity contribution in [1.29, 1.82) is 0 Å². The van der Waals surface area contributed by atoms with Gasteiger partial charge in [-0.1, -0.05) is 55.4 Å². The number of piperidine rings is 1. The Morgan fingerprint density at radius 1 is 1.18 bits per heavy atom. The van der Waals surface area contributed by atoms with Crippen molar-refractivity contribution in [3.05, 3.63) is 0 Å². The molecular weight excluding hydrogens is 416 g/mol. The molecule has 0 aromatic carbocycles. The Hall–Kier alpha value is -0.980. The normalized spacial score (nSPS) is 28.6. The summed E-state index contributed by atoms with van der Waals surface area (Å²) in [6.45, 7) is 25.4. The molecule has 1 amide bonds. The zero-order chi connectivity index (χ0) is 26.0. The van der Waals surface area contributed by atoms with E-state index in [4.69, 9.17) is 9.94 Å². The maximum absolute atomic E-state index is 12.9. The highest BCUT2D eigenvalue weighted by molar-refractivity contribution is 5.84. The van der Waals surface area contributed by atoms with Crippen molar-refractivity contribution in [1.82, 2.24) is 10.4 Å². The number of hydroxylamine groups is 2. The molecule has 1 saturated heterocycles. The SMILES string of the molecule is CCC1(C)CC(=O)C(C)C(C)(CC)N1OC(C)(C)C(C)CC(C)(C)C(C)(C)C(=O)NCCO. The predicted octanol–water partition coefficient (Wildman–Crippen LogP) is 5.13. The van der Waals surface area contributed by atoms with Crippen LogP contribution in [0.2, 0.25) is 0 Å². The van der Waals surface area contributed by atoms with Gasteiger partial charge < -0.3 is 10.4 Å². The number of aliphatic hydroxyl groups excluding tert-OH is 1. The lowest BCUT2D eigenvalue weighted by atomic mass is 9.62. The van der Waals surface area contributed by atoms with E-state index >= 15 is 0 Å². The summed E-state index contributed by atoms with van der Waals surface area (Å²) in [5, 5.41) is 14.1. The number of carbonyl (C=O) groups is 2. The molecule has 0 spiro atoms. The summed E-state index contributed by atoms with van der Waals surface area (Å²) >= 11 is 0. The van der Waals surface area contributed by atoms with E-state index in [1.807, 2.05) is 20.8 Å². The lowest BCUT2D eigenvalue weighted by Gasteiger charge is -2.58. The van der Waals surface area contributed by atoms with Crippen LogP contribution in [0.4, 0.5) is 0 Å². The van der Waals surface area contributed by atoms with E-state index in [1.165, 1.54) is 0 Å². The molecule has 1 fully saturated rings. The second-order valence-corrected chi connectivity index (χ2v) is 12.5. The first kappa shape index (κ1) is 30.1. The molecule has 0 bridgehead atoms. The molecule has 0 aromatic heterocycles. The summed E-state index contributed by atoms with van der Waals surface area (Å²) in [6.07, 6.45) is 2.93. The number of nitrogens with one attached hydrogen (secondary N) is 1. The Bertz CT molecular complexity index is 702. The number of nitrogens with zero attached hydrogens (tertiary/aromatic N) is 1. The molecule has 0 saturated carbocycles. The molecule has 0 aromatic rings. The summed E-state index contributed by atoms with van der Waals surface area (Å²) in [5.41, 5.74) is -2.16. The second kappa shape index (κ2) is 10.3. The van der Waals surface area contributed by atoms with Gasteiger partial charge in [0.2, 0.25) is 5.91 Å². The number of hydrogen-bond acceptors (Lipinski definition) is 5. The standard InChI is InChI=1S/C27H52N2O4/c1-13-26(11)18-21(31)20(4)27(12,14-2)29(26)33-25(9,10)19(3)17-23(5,6)24(7,8)22(32)28-15-16-30/h19-20,30H,13-18H2,1-12H3,(H,28,32). The Morgan fingerprint density at radius 3 is 2.18 bits per heavy atom. The quantitative estimate of drug-likeness (QED) is 0.439. The van der Waals surface area contributed by atoms with Gasteiger partial charge in [0, 0.05) is 24.3 Å². The summed E-state index contributed by atoms with van der Waals surface area (Å²) < 4.78 is 0. The zero-order valence-electron chi connectivity index (χ0n) is 23.5. The topological polar surface area (TPSA) is 78.9 Å². The highest BCUT2D eigenvalue weighted by atomic mass is 16.7. The fraction of sp³-hybridized carbons (Fsp3) is 0.926. The Morgan fingerprint density at radius 2 is 1.73 bits per heavy atom. The van der Waals surface area contributed by atoms with E-state index in [2.05, 4.69) is 72.7 Å². The maximum atomic E-state index is 12.9. The first-order valence-corrected chi connectivity index (χ1v) is 12.8. The molecule has 6 heteroatoms. The van der Waals surface area contributed by atoms with E-state index in [-0.39, 0.29) is 47.4 Å². The van der Waals surface area contributed by atoms with Crippen LogP contribution in [0.5, 0.6) is 0 Å². The highest BCUT2D eigenvalue weighted by Gasteiger charge is 2.55. The maximum Gasteiger partial charge on any atom is 0.226 e. The van der Waals surface area contributed by atoms with Gasteiger partial charge in [-0.15, -0.1) is 0 Å². The molecule has 6 nitrogen and oxygen atoms in total. The van der Waals surface area contributed by atoms with Crippen molar-refractivity contribution >= 4 is 11.7 Å². The third-order valence-electron chi connectivity index (χ3n) is 9.39. The molecule has 0 aliphatic carbocycles. The lowest BCUT2D eigenvalue weighted by Crippen LogP contribution is -2.68. The van der Waals surface area contributed by atoms with Gasteiger partial charge in [-0.2, -0.15) is 5.06 Å². The molecule has 1 rings (SSSR count). The molecule has 1 aliphatic heterocycles. The molecule has 4 unspecified atom stereocenters. The van der Waals surface area contributed by atoms with E-state index < -0.39 is 11.0 Å². The van der Waals surface area contributed by atoms with Gasteiger partial charge in [0.05, 0.1) is 23.3 Å². The first-order valence-electron chi connectivity index (χ1n) is 12.8. The van der Waals surface area contributed by atoms with Crippen LogP contribution < -0.4 is 5.32 Å². The van der Waals surface area contributed by atoms with Crippen molar-refractivity contribution in [2.75, 3.05) is 13.2 Å². The Balaban J connectivity index is 3.20. The predicted molar refractivity (Wildman–Crippen MR) is 135 cm³/mol. The van der Waals surface area contributed by atoms with Gasteiger partial charge in [0.1, 0.15) is 5.78 Å². The van der Waals surface area contributed by atoms with Crippen molar-refractivity contribution in [3.63, 3.8) is 0 Å². The molecule has 0 radical (unpaired) electrons. The summed E-state index contributed by atoms with van der Waals surface area (Å²) in [7, 11) is 0. The van der Waals surface area contributed by atoms with Gasteiger partial charge in [0.15, 0.2) is 0 Å². The van der Waals surface area contributed by atoms with Gasteiger partial charge in [0.25, 0.3) is 0 Å². The molecule has 2 N–H and O–H groups in total. The summed E-state index contributed by atoms with van der Waals surface area (Å²) in [6, 6.07) is 0. The fourth-order valence-corrected chi connectivity index (χ4v) is 4.96. The monoisotopic (exact) mass is 468 g/mol. The number of hydrogen-bond donors (Lipinski definition) is 2. The first-order chi connectivity index (χ1) is 14.9. The van der Waals surface area contributed by atoms with Crippen LogP contribution in [0, 0.1) is 22.7 Å². The zero-order valence-corrected chi connectivity index (χ0v) is 23.5. The van der Waals surface area contributed by atoms with Crippen LogP contribution in [0.3, 0.4) is 0 Å². The van der Waals surface area contributed by atoms with Gasteiger partial charge >= 0.3 is 0 Å². The smallest absolute Gasteiger partial charge is 0.226 e. The second-order valence-electron chi connectivity index (χ2n) is 12.5. The van der Waals surface area contributed by atoms with E-state index in [0.717, 1.165) is 19.3 Å². The Kier molecular flexibility index (Phi) is 9.41. The molecule has 4 atom stereocenters. The van der Waals surface area contributed by atoms with Gasteiger partial charge in [-0.05, 0) is 58.3 Å². The average molecular weight is 469 g/mol. The summed E-state index contributed by atoms with van der Waals surface area (Å²) in [5.74, 6) is 0.311. The van der Waals surface area contributed by atoms with Crippen LogP contribution in [-0.4, -0.2) is 51.7 Å². The lowest BCUT2D eigenvalue weighted by molar-refractivity contribution is -0.348. The van der Waals surface area contributed by atoms with Crippen molar-refractivity contribution in [2.24, 2.45) is 22.7 Å². The van der Waals surface area contributed by atoms with Gasteiger partial charge in [-0.3, -0.25) is 14.4 Å². The number of amides is 1. The van der Waals surface area contributed by atoms with Crippen LogP contribution in [0.1, 0.15) is 109 Å². The number of carbonyl (C=O) groups excluding carboxylic acids is 2.